The minimum Gasteiger partial charge on any atom is -0.486 e. The van der Waals surface area contributed by atoms with Crippen molar-refractivity contribution in [2.75, 3.05) is 26.8 Å². The summed E-state index contributed by atoms with van der Waals surface area (Å²) in [5.41, 5.74) is 0. The molecule has 1 aromatic carbocycles. The zero-order chi connectivity index (χ0) is 17.9. The summed E-state index contributed by atoms with van der Waals surface area (Å²) in [5.74, 6) is 0.872. The van der Waals surface area contributed by atoms with Crippen LogP contribution in [0.4, 0.5) is 0 Å². The van der Waals surface area contributed by atoms with Crippen LogP contribution in [-0.2, 0) is 21.4 Å². The van der Waals surface area contributed by atoms with Crippen LogP contribution in [0.2, 0.25) is 0 Å². The fourth-order valence-electron chi connectivity index (χ4n) is 2.37. The maximum Gasteiger partial charge on any atom is 0.244 e. The van der Waals surface area contributed by atoms with E-state index < -0.39 is 15.9 Å². The molecule has 25 heavy (non-hydrogen) atoms. The number of sulfonamides is 1. The van der Waals surface area contributed by atoms with E-state index in [0.717, 1.165) is 4.31 Å². The van der Waals surface area contributed by atoms with Crippen LogP contribution in [0, 0.1) is 0 Å². The van der Waals surface area contributed by atoms with Crippen molar-refractivity contribution < 1.29 is 27.1 Å². The highest BCUT2D eigenvalue weighted by molar-refractivity contribution is 7.89. The number of amides is 1. The molecule has 2 heterocycles. The van der Waals surface area contributed by atoms with E-state index in [9.17, 15) is 13.2 Å². The fourth-order valence-corrected chi connectivity index (χ4v) is 3.75. The van der Waals surface area contributed by atoms with Gasteiger partial charge >= 0.3 is 0 Å². The standard InChI is InChI=1S/C16H18N2O6S/c1-17-16(19)11-18(10-12-3-2-6-22-12)25(20,21)13-4-5-14-15(9-13)24-8-7-23-14/h2-6,9H,7-8,10-11H2,1H3,(H,17,19). The van der Waals surface area contributed by atoms with Crippen molar-refractivity contribution >= 4 is 15.9 Å². The van der Waals surface area contributed by atoms with E-state index in [1.165, 1.54) is 25.4 Å². The van der Waals surface area contributed by atoms with Crippen LogP contribution in [0.15, 0.2) is 45.9 Å². The number of furan rings is 1. The molecule has 0 bridgehead atoms. The molecule has 0 unspecified atom stereocenters. The molecule has 1 aliphatic rings. The van der Waals surface area contributed by atoms with Gasteiger partial charge in [0, 0.05) is 13.1 Å². The number of benzene rings is 1. The van der Waals surface area contributed by atoms with Crippen molar-refractivity contribution in [3.63, 3.8) is 0 Å². The summed E-state index contributed by atoms with van der Waals surface area (Å²) in [5, 5.41) is 2.43. The van der Waals surface area contributed by atoms with E-state index in [0.29, 0.717) is 30.5 Å². The van der Waals surface area contributed by atoms with Gasteiger partial charge in [-0.3, -0.25) is 4.79 Å². The van der Waals surface area contributed by atoms with Crippen molar-refractivity contribution in [2.45, 2.75) is 11.4 Å². The van der Waals surface area contributed by atoms with Crippen LogP contribution < -0.4 is 14.8 Å². The number of carbonyl (C=O) groups excluding carboxylic acids is 1. The lowest BCUT2D eigenvalue weighted by Gasteiger charge is -2.22. The number of nitrogens with zero attached hydrogens (tertiary/aromatic N) is 1. The van der Waals surface area contributed by atoms with Crippen LogP contribution in [0.5, 0.6) is 11.5 Å². The van der Waals surface area contributed by atoms with Crippen molar-refractivity contribution in [3.05, 3.63) is 42.4 Å². The fraction of sp³-hybridized carbons (Fsp3) is 0.312. The Bertz CT molecular complexity index is 848. The highest BCUT2D eigenvalue weighted by Crippen LogP contribution is 2.33. The molecule has 0 saturated carbocycles. The third-order valence-electron chi connectivity index (χ3n) is 3.66. The van der Waals surface area contributed by atoms with Gasteiger partial charge in [-0.25, -0.2) is 8.42 Å². The second kappa shape index (κ2) is 7.16. The summed E-state index contributed by atoms with van der Waals surface area (Å²) >= 11 is 0. The molecule has 0 radical (unpaired) electrons. The molecule has 1 amide bonds. The Morgan fingerprint density at radius 3 is 2.64 bits per heavy atom. The quantitative estimate of drug-likeness (QED) is 0.819. The van der Waals surface area contributed by atoms with E-state index in [4.69, 9.17) is 13.9 Å². The Morgan fingerprint density at radius 2 is 1.96 bits per heavy atom. The van der Waals surface area contributed by atoms with E-state index in [-0.39, 0.29) is 18.0 Å². The van der Waals surface area contributed by atoms with Crippen LogP contribution in [0.1, 0.15) is 5.76 Å². The molecule has 0 aliphatic carbocycles. The van der Waals surface area contributed by atoms with Crippen molar-refractivity contribution in [1.29, 1.82) is 0 Å². The van der Waals surface area contributed by atoms with E-state index in [1.807, 2.05) is 0 Å². The van der Waals surface area contributed by atoms with Gasteiger partial charge in [0.05, 0.1) is 24.2 Å². The first kappa shape index (κ1) is 17.3. The van der Waals surface area contributed by atoms with Gasteiger partial charge in [-0.15, -0.1) is 0 Å². The Balaban J connectivity index is 1.93. The molecular weight excluding hydrogens is 348 g/mol. The Labute approximate surface area is 145 Å². The second-order valence-corrected chi connectivity index (χ2v) is 7.27. The lowest BCUT2D eigenvalue weighted by molar-refractivity contribution is -0.120. The van der Waals surface area contributed by atoms with Gasteiger partial charge in [-0.1, -0.05) is 0 Å². The lowest BCUT2D eigenvalue weighted by Crippen LogP contribution is -2.39. The molecule has 1 aromatic heterocycles. The summed E-state index contributed by atoms with van der Waals surface area (Å²) in [7, 11) is -2.49. The van der Waals surface area contributed by atoms with Gasteiger partial charge in [-0.2, -0.15) is 4.31 Å². The minimum absolute atomic E-state index is 0.0206. The molecule has 0 saturated heterocycles. The maximum atomic E-state index is 13.0. The molecule has 0 atom stereocenters. The van der Waals surface area contributed by atoms with Crippen LogP contribution >= 0.6 is 0 Å². The van der Waals surface area contributed by atoms with Gasteiger partial charge in [0.2, 0.25) is 15.9 Å². The smallest absolute Gasteiger partial charge is 0.244 e. The Morgan fingerprint density at radius 1 is 1.20 bits per heavy atom. The number of hydrogen-bond donors (Lipinski definition) is 1. The molecule has 1 aliphatic heterocycles. The number of hydrogen-bond acceptors (Lipinski definition) is 6. The van der Waals surface area contributed by atoms with E-state index >= 15 is 0 Å². The Kier molecular flexibility index (Phi) is 4.95. The zero-order valence-electron chi connectivity index (χ0n) is 13.6. The highest BCUT2D eigenvalue weighted by Gasteiger charge is 2.29. The number of fused-ring (bicyclic) bond motifs is 1. The number of carbonyl (C=O) groups is 1. The number of nitrogens with one attached hydrogen (secondary N) is 1. The van der Waals surface area contributed by atoms with Crippen molar-refractivity contribution in [1.82, 2.24) is 9.62 Å². The summed E-state index contributed by atoms with van der Waals surface area (Å²) in [6, 6.07) is 7.69. The monoisotopic (exact) mass is 366 g/mol. The first-order valence-electron chi connectivity index (χ1n) is 7.63. The lowest BCUT2D eigenvalue weighted by atomic mass is 10.3. The molecular formula is C16H18N2O6S. The number of ether oxygens (including phenoxy) is 2. The molecule has 0 fully saturated rings. The summed E-state index contributed by atoms with van der Waals surface area (Å²) in [6.07, 6.45) is 1.45. The zero-order valence-corrected chi connectivity index (χ0v) is 14.4. The van der Waals surface area contributed by atoms with E-state index in [1.54, 1.807) is 18.2 Å². The van der Waals surface area contributed by atoms with Crippen LogP contribution in [-0.4, -0.2) is 45.4 Å². The van der Waals surface area contributed by atoms with Crippen molar-refractivity contribution in [3.8, 4) is 11.5 Å². The first-order chi connectivity index (χ1) is 12.0. The molecule has 134 valence electrons. The van der Waals surface area contributed by atoms with Gasteiger partial charge in [0.15, 0.2) is 11.5 Å². The van der Waals surface area contributed by atoms with E-state index in [2.05, 4.69) is 5.32 Å². The molecule has 8 nitrogen and oxygen atoms in total. The predicted octanol–water partition coefficient (Wildman–Crippen LogP) is 0.988. The summed E-state index contributed by atoms with van der Waals surface area (Å²) in [4.78, 5) is 11.8. The van der Waals surface area contributed by atoms with Crippen LogP contribution in [0.3, 0.4) is 0 Å². The average Bonchev–Trinajstić information content (AvgIpc) is 3.13. The average molecular weight is 366 g/mol. The van der Waals surface area contributed by atoms with Crippen LogP contribution in [0.25, 0.3) is 0 Å². The third-order valence-corrected chi connectivity index (χ3v) is 5.45. The predicted molar refractivity (Wildman–Crippen MR) is 87.8 cm³/mol. The third kappa shape index (κ3) is 3.77. The number of rotatable bonds is 6. The normalized spacial score (nSPS) is 13.7. The summed E-state index contributed by atoms with van der Waals surface area (Å²) in [6.45, 7) is 0.385. The Hall–Kier alpha value is -2.52. The molecule has 9 heteroatoms. The van der Waals surface area contributed by atoms with Gasteiger partial charge < -0.3 is 19.2 Å². The summed E-state index contributed by atoms with van der Waals surface area (Å²) < 4.78 is 43.1. The molecule has 3 rings (SSSR count). The molecule has 0 spiro atoms. The SMILES string of the molecule is CNC(=O)CN(Cc1ccco1)S(=O)(=O)c1ccc2c(c1)OCCO2. The molecule has 1 N–H and O–H groups in total. The second-order valence-electron chi connectivity index (χ2n) is 5.33. The topological polar surface area (TPSA) is 98.1 Å². The highest BCUT2D eigenvalue weighted by atomic mass is 32.2. The first-order valence-corrected chi connectivity index (χ1v) is 9.07. The van der Waals surface area contributed by atoms with Gasteiger partial charge in [0.25, 0.3) is 0 Å². The van der Waals surface area contributed by atoms with Gasteiger partial charge in [-0.05, 0) is 24.3 Å². The van der Waals surface area contributed by atoms with Gasteiger partial charge in [0.1, 0.15) is 19.0 Å². The maximum absolute atomic E-state index is 13.0. The minimum atomic E-state index is -3.94. The van der Waals surface area contributed by atoms with Crippen molar-refractivity contribution in [2.24, 2.45) is 0 Å². The number of likely N-dealkylation sites (N-methyl/N-ethyl adjacent to an activating group) is 1. The largest absolute Gasteiger partial charge is 0.486 e. The molecule has 2 aromatic rings.